The van der Waals surface area contributed by atoms with E-state index < -0.39 is 0 Å². The highest BCUT2D eigenvalue weighted by Crippen LogP contribution is 2.45. The van der Waals surface area contributed by atoms with Crippen LogP contribution in [0.15, 0.2) is 41.3 Å². The fraction of sp³-hybridized carbons (Fsp3) is 0.250. The standard InChI is InChI=1S/C20H19ClO2S3/c1-4-14-19(15-9-10-17(21)25-15)16(11-18(22)23-2)26-20(14)12-5-7-13(24-3)8-6-12/h5-10H,4,11H2,1-3H3. The van der Waals surface area contributed by atoms with Crippen LogP contribution in [0.25, 0.3) is 20.9 Å². The molecule has 1 aromatic carbocycles. The number of benzene rings is 1. The summed E-state index contributed by atoms with van der Waals surface area (Å²) in [5, 5.41) is 0. The molecule has 0 atom stereocenters. The Morgan fingerprint density at radius 2 is 1.88 bits per heavy atom. The normalized spacial score (nSPS) is 10.9. The smallest absolute Gasteiger partial charge is 0.310 e. The second-order valence-corrected chi connectivity index (χ2v) is 9.35. The quantitative estimate of drug-likeness (QED) is 0.323. The number of carbonyl (C=O) groups is 1. The Morgan fingerprint density at radius 1 is 1.15 bits per heavy atom. The average molecular weight is 423 g/mol. The maximum Gasteiger partial charge on any atom is 0.310 e. The van der Waals surface area contributed by atoms with Gasteiger partial charge in [0.15, 0.2) is 0 Å². The summed E-state index contributed by atoms with van der Waals surface area (Å²) in [6.45, 7) is 2.16. The van der Waals surface area contributed by atoms with Crippen molar-refractivity contribution in [3.63, 3.8) is 0 Å². The molecule has 0 radical (unpaired) electrons. The Hall–Kier alpha value is -1.27. The maximum absolute atomic E-state index is 12.0. The highest BCUT2D eigenvalue weighted by molar-refractivity contribution is 7.98. The van der Waals surface area contributed by atoms with E-state index in [1.54, 1.807) is 34.4 Å². The zero-order valence-electron chi connectivity index (χ0n) is 14.8. The van der Waals surface area contributed by atoms with Crippen LogP contribution in [0.4, 0.5) is 0 Å². The van der Waals surface area contributed by atoms with Gasteiger partial charge in [-0.05, 0) is 48.1 Å². The van der Waals surface area contributed by atoms with Gasteiger partial charge >= 0.3 is 5.97 Å². The van der Waals surface area contributed by atoms with Crippen LogP contribution in [0.3, 0.4) is 0 Å². The Kier molecular flexibility index (Phi) is 6.46. The van der Waals surface area contributed by atoms with E-state index in [1.165, 1.54) is 28.0 Å². The zero-order chi connectivity index (χ0) is 18.7. The molecule has 136 valence electrons. The molecule has 2 heterocycles. The van der Waals surface area contributed by atoms with Gasteiger partial charge in [-0.25, -0.2) is 0 Å². The van der Waals surface area contributed by atoms with Crippen molar-refractivity contribution in [2.75, 3.05) is 13.4 Å². The number of thioether (sulfide) groups is 1. The molecule has 0 N–H and O–H groups in total. The molecule has 2 aromatic heterocycles. The molecular weight excluding hydrogens is 404 g/mol. The Balaban J connectivity index is 2.16. The lowest BCUT2D eigenvalue weighted by atomic mass is 10.00. The van der Waals surface area contributed by atoms with Gasteiger partial charge in [0.25, 0.3) is 0 Å². The highest BCUT2D eigenvalue weighted by Gasteiger charge is 2.22. The number of hydrogen-bond donors (Lipinski definition) is 0. The number of esters is 1. The number of methoxy groups -OCH3 is 1. The van der Waals surface area contributed by atoms with E-state index in [4.69, 9.17) is 16.3 Å². The van der Waals surface area contributed by atoms with Crippen LogP contribution in [0.2, 0.25) is 4.34 Å². The molecule has 0 unspecified atom stereocenters. The van der Waals surface area contributed by atoms with Crippen LogP contribution >= 0.6 is 46.0 Å². The lowest BCUT2D eigenvalue weighted by Gasteiger charge is -2.06. The molecule has 0 aliphatic heterocycles. The van der Waals surface area contributed by atoms with Crippen LogP contribution in [0, 0.1) is 0 Å². The lowest BCUT2D eigenvalue weighted by Crippen LogP contribution is -2.03. The summed E-state index contributed by atoms with van der Waals surface area (Å²) in [7, 11) is 1.43. The Labute approximate surface area is 171 Å². The van der Waals surface area contributed by atoms with Gasteiger partial charge in [-0.1, -0.05) is 30.7 Å². The van der Waals surface area contributed by atoms with Gasteiger partial charge in [-0.3, -0.25) is 4.79 Å². The van der Waals surface area contributed by atoms with Crippen molar-refractivity contribution in [3.05, 3.63) is 51.2 Å². The second kappa shape index (κ2) is 8.61. The molecule has 0 aliphatic rings. The van der Waals surface area contributed by atoms with E-state index in [0.717, 1.165) is 26.1 Å². The average Bonchev–Trinajstić information content (AvgIpc) is 3.24. The molecule has 0 bridgehead atoms. The molecule has 2 nitrogen and oxygen atoms in total. The van der Waals surface area contributed by atoms with Crippen molar-refractivity contribution < 1.29 is 9.53 Å². The molecule has 3 rings (SSSR count). The summed E-state index contributed by atoms with van der Waals surface area (Å²) in [4.78, 5) is 16.6. The summed E-state index contributed by atoms with van der Waals surface area (Å²) in [6.07, 6.45) is 3.24. The molecule has 0 aliphatic carbocycles. The first-order valence-electron chi connectivity index (χ1n) is 8.18. The highest BCUT2D eigenvalue weighted by atomic mass is 35.5. The largest absolute Gasteiger partial charge is 0.469 e. The molecule has 26 heavy (non-hydrogen) atoms. The van der Waals surface area contributed by atoms with Gasteiger partial charge in [0, 0.05) is 25.1 Å². The number of hydrogen-bond acceptors (Lipinski definition) is 5. The second-order valence-electron chi connectivity index (χ2n) is 5.65. The number of rotatable bonds is 6. The van der Waals surface area contributed by atoms with Crippen molar-refractivity contribution in [1.82, 2.24) is 0 Å². The van der Waals surface area contributed by atoms with Crippen LogP contribution in [-0.2, 0) is 22.4 Å². The molecule has 3 aromatic rings. The van der Waals surface area contributed by atoms with Gasteiger partial charge in [0.1, 0.15) is 0 Å². The minimum absolute atomic E-state index is 0.220. The molecular formula is C20H19ClO2S3. The fourth-order valence-electron chi connectivity index (χ4n) is 2.89. The van der Waals surface area contributed by atoms with E-state index >= 15 is 0 Å². The van der Waals surface area contributed by atoms with Crippen molar-refractivity contribution in [3.8, 4) is 20.9 Å². The third-order valence-electron chi connectivity index (χ3n) is 4.14. The van der Waals surface area contributed by atoms with Gasteiger partial charge in [-0.2, -0.15) is 0 Å². The summed E-state index contributed by atoms with van der Waals surface area (Å²) in [6, 6.07) is 12.5. The Morgan fingerprint density at radius 3 is 2.42 bits per heavy atom. The van der Waals surface area contributed by atoms with Gasteiger partial charge in [0.05, 0.1) is 17.9 Å². The third-order valence-corrected chi connectivity index (χ3v) is 7.41. The number of thiophene rings is 2. The first-order valence-corrected chi connectivity index (χ1v) is 11.4. The van der Waals surface area contributed by atoms with Gasteiger partial charge < -0.3 is 4.74 Å². The van der Waals surface area contributed by atoms with E-state index in [0.29, 0.717) is 0 Å². The zero-order valence-corrected chi connectivity index (χ0v) is 18.0. The van der Waals surface area contributed by atoms with Gasteiger partial charge in [0.2, 0.25) is 0 Å². The van der Waals surface area contributed by atoms with E-state index in [9.17, 15) is 4.79 Å². The van der Waals surface area contributed by atoms with Crippen molar-refractivity contribution in [2.45, 2.75) is 24.7 Å². The van der Waals surface area contributed by atoms with E-state index in [2.05, 4.69) is 37.4 Å². The lowest BCUT2D eigenvalue weighted by molar-refractivity contribution is -0.139. The number of carbonyl (C=O) groups excluding carboxylic acids is 1. The first kappa shape index (κ1) is 19.5. The molecule has 6 heteroatoms. The monoisotopic (exact) mass is 422 g/mol. The maximum atomic E-state index is 12.0. The summed E-state index contributed by atoms with van der Waals surface area (Å²) >= 11 is 11.1. The van der Waals surface area contributed by atoms with Crippen molar-refractivity contribution in [1.29, 1.82) is 0 Å². The van der Waals surface area contributed by atoms with E-state index in [1.807, 2.05) is 12.1 Å². The molecule has 0 fully saturated rings. The van der Waals surface area contributed by atoms with Crippen LogP contribution < -0.4 is 0 Å². The van der Waals surface area contributed by atoms with Crippen LogP contribution in [0.1, 0.15) is 17.4 Å². The van der Waals surface area contributed by atoms with Crippen molar-refractivity contribution in [2.24, 2.45) is 0 Å². The van der Waals surface area contributed by atoms with Gasteiger partial charge in [-0.15, -0.1) is 34.4 Å². The predicted octanol–water partition coefficient (Wildman–Crippen LogP) is 6.80. The molecule has 0 spiro atoms. The van der Waals surface area contributed by atoms with E-state index in [-0.39, 0.29) is 12.4 Å². The topological polar surface area (TPSA) is 26.3 Å². The molecule has 0 saturated carbocycles. The molecule has 0 amide bonds. The minimum atomic E-state index is -0.220. The van der Waals surface area contributed by atoms with Crippen LogP contribution in [-0.4, -0.2) is 19.3 Å². The Bertz CT molecular complexity index is 910. The fourth-order valence-corrected chi connectivity index (χ4v) is 5.90. The number of ether oxygens (including phenoxy) is 1. The summed E-state index contributed by atoms with van der Waals surface area (Å²) in [5.41, 5.74) is 3.60. The van der Waals surface area contributed by atoms with Crippen molar-refractivity contribution >= 4 is 52.0 Å². The van der Waals surface area contributed by atoms with Crippen LogP contribution in [0.5, 0.6) is 0 Å². The number of halogens is 1. The first-order chi connectivity index (χ1) is 12.6. The molecule has 0 saturated heterocycles. The summed E-state index contributed by atoms with van der Waals surface area (Å²) < 4.78 is 5.66. The summed E-state index contributed by atoms with van der Waals surface area (Å²) in [5.74, 6) is -0.220. The third kappa shape index (κ3) is 4.01. The SMILES string of the molecule is CCc1c(-c2ccc(SC)cc2)sc(CC(=O)OC)c1-c1ccc(Cl)s1. The minimum Gasteiger partial charge on any atom is -0.469 e. The predicted molar refractivity (Wildman–Crippen MR) is 115 cm³/mol.